The lowest BCUT2D eigenvalue weighted by Crippen LogP contribution is -2.02. The van der Waals surface area contributed by atoms with Gasteiger partial charge in [0.15, 0.2) is 0 Å². The first-order valence-corrected chi connectivity index (χ1v) is 6.53. The van der Waals surface area contributed by atoms with Crippen molar-refractivity contribution in [3.8, 4) is 0 Å². The van der Waals surface area contributed by atoms with Gasteiger partial charge < -0.3 is 0 Å². The predicted molar refractivity (Wildman–Crippen MR) is 81.3 cm³/mol. The van der Waals surface area contributed by atoms with E-state index in [-0.39, 0.29) is 12.1 Å². The van der Waals surface area contributed by atoms with Gasteiger partial charge in [0.05, 0.1) is 12.1 Å². The first-order chi connectivity index (χ1) is 10.3. The van der Waals surface area contributed by atoms with Crippen LogP contribution in [0.15, 0.2) is 70.9 Å². The summed E-state index contributed by atoms with van der Waals surface area (Å²) in [5.41, 5.74) is 19.3. The fraction of sp³-hybridized carbons (Fsp3) is 0.200. The molecular formula is C15H14N6. The summed E-state index contributed by atoms with van der Waals surface area (Å²) in [7, 11) is 0. The average Bonchev–Trinajstić information content (AvgIpc) is 2.55. The van der Waals surface area contributed by atoms with E-state index >= 15 is 0 Å². The third kappa shape index (κ3) is 4.01. The molecule has 6 nitrogen and oxygen atoms in total. The van der Waals surface area contributed by atoms with Crippen molar-refractivity contribution in [2.45, 2.75) is 18.5 Å². The van der Waals surface area contributed by atoms with Gasteiger partial charge in [0.1, 0.15) is 0 Å². The lowest BCUT2D eigenvalue weighted by molar-refractivity contribution is 0.553. The van der Waals surface area contributed by atoms with Gasteiger partial charge >= 0.3 is 0 Å². The van der Waals surface area contributed by atoms with Gasteiger partial charge in [-0.25, -0.2) is 0 Å². The average molecular weight is 278 g/mol. The standard InChI is InChI=1S/C15H14N6/c16-20-18-14(12-7-3-1-4-8-12)11-15(19-21-17)13-9-5-2-6-10-13/h1-10,14-15H,11H2/t14-,15-/m1/s1. The molecule has 0 heterocycles. The van der Waals surface area contributed by atoms with Crippen LogP contribution in [0, 0.1) is 0 Å². The first-order valence-electron chi connectivity index (χ1n) is 6.53. The van der Waals surface area contributed by atoms with Crippen LogP contribution in [-0.2, 0) is 0 Å². The molecule has 2 atom stereocenters. The van der Waals surface area contributed by atoms with Gasteiger partial charge in [-0.2, -0.15) is 0 Å². The maximum absolute atomic E-state index is 8.77. The molecule has 0 spiro atoms. The van der Waals surface area contributed by atoms with Crippen LogP contribution < -0.4 is 0 Å². The summed E-state index contributed by atoms with van der Waals surface area (Å²) in [6.45, 7) is 0. The number of benzene rings is 2. The second kappa shape index (κ2) is 7.60. The predicted octanol–water partition coefficient (Wildman–Crippen LogP) is 5.48. The van der Waals surface area contributed by atoms with E-state index in [9.17, 15) is 0 Å². The summed E-state index contributed by atoms with van der Waals surface area (Å²) in [5.74, 6) is 0. The van der Waals surface area contributed by atoms with Crippen molar-refractivity contribution in [2.24, 2.45) is 10.2 Å². The number of hydrogen-bond donors (Lipinski definition) is 0. The highest BCUT2D eigenvalue weighted by molar-refractivity contribution is 5.23. The summed E-state index contributed by atoms with van der Waals surface area (Å²) in [4.78, 5) is 5.82. The minimum Gasteiger partial charge on any atom is -0.0859 e. The maximum Gasteiger partial charge on any atom is 0.0632 e. The van der Waals surface area contributed by atoms with Crippen molar-refractivity contribution in [1.29, 1.82) is 0 Å². The fourth-order valence-corrected chi connectivity index (χ4v) is 2.19. The van der Waals surface area contributed by atoms with Crippen LogP contribution in [0.5, 0.6) is 0 Å². The number of nitrogens with zero attached hydrogens (tertiary/aromatic N) is 6. The Hall–Kier alpha value is -2.94. The highest BCUT2D eigenvalue weighted by atomic mass is 15.2. The quantitative estimate of drug-likeness (QED) is 0.380. The van der Waals surface area contributed by atoms with E-state index in [0.717, 1.165) is 11.1 Å². The van der Waals surface area contributed by atoms with Gasteiger partial charge in [0, 0.05) is 9.82 Å². The fourth-order valence-electron chi connectivity index (χ4n) is 2.19. The van der Waals surface area contributed by atoms with Gasteiger partial charge in [-0.3, -0.25) is 0 Å². The van der Waals surface area contributed by atoms with Crippen molar-refractivity contribution >= 4 is 0 Å². The molecule has 0 saturated heterocycles. The molecule has 0 aliphatic carbocycles. The SMILES string of the molecule is [N-]=[N+]=N[C@H](C[C@@H](N=[N+]=[N-])c1ccccc1)c1ccccc1. The monoisotopic (exact) mass is 278 g/mol. The van der Waals surface area contributed by atoms with Crippen LogP contribution in [0.3, 0.4) is 0 Å². The van der Waals surface area contributed by atoms with Gasteiger partial charge in [0.25, 0.3) is 0 Å². The molecule has 21 heavy (non-hydrogen) atoms. The summed E-state index contributed by atoms with van der Waals surface area (Å²) in [5, 5.41) is 7.68. The third-order valence-corrected chi connectivity index (χ3v) is 3.20. The highest BCUT2D eigenvalue weighted by Crippen LogP contribution is 2.32. The van der Waals surface area contributed by atoms with Crippen LogP contribution >= 0.6 is 0 Å². The Morgan fingerprint density at radius 2 is 1.10 bits per heavy atom. The molecule has 0 bridgehead atoms. The van der Waals surface area contributed by atoms with Gasteiger partial charge in [-0.15, -0.1) is 0 Å². The van der Waals surface area contributed by atoms with Crippen LogP contribution in [-0.4, -0.2) is 0 Å². The van der Waals surface area contributed by atoms with Gasteiger partial charge in [-0.05, 0) is 28.6 Å². The van der Waals surface area contributed by atoms with Gasteiger partial charge in [0.2, 0.25) is 0 Å². The van der Waals surface area contributed by atoms with E-state index in [4.69, 9.17) is 11.1 Å². The molecule has 0 aliphatic heterocycles. The molecule has 0 aromatic heterocycles. The third-order valence-electron chi connectivity index (χ3n) is 3.20. The maximum atomic E-state index is 8.77. The van der Waals surface area contributed by atoms with E-state index in [0.29, 0.717) is 6.42 Å². The molecule has 0 saturated carbocycles. The zero-order valence-corrected chi connectivity index (χ0v) is 11.3. The molecule has 0 aliphatic rings. The highest BCUT2D eigenvalue weighted by Gasteiger charge is 2.17. The molecule has 0 unspecified atom stereocenters. The van der Waals surface area contributed by atoms with Crippen molar-refractivity contribution < 1.29 is 0 Å². The lowest BCUT2D eigenvalue weighted by atomic mass is 9.96. The molecule has 0 fully saturated rings. The molecule has 2 rings (SSSR count). The molecule has 0 radical (unpaired) electrons. The number of hydrogen-bond acceptors (Lipinski definition) is 2. The molecule has 2 aromatic carbocycles. The van der Waals surface area contributed by atoms with Crippen molar-refractivity contribution in [1.82, 2.24) is 0 Å². The van der Waals surface area contributed by atoms with Gasteiger partial charge in [-0.1, -0.05) is 70.9 Å². The van der Waals surface area contributed by atoms with Crippen LogP contribution in [0.1, 0.15) is 29.6 Å². The Bertz CT molecular complexity index is 598. The zero-order chi connectivity index (χ0) is 14.9. The molecule has 0 N–H and O–H groups in total. The van der Waals surface area contributed by atoms with Crippen molar-refractivity contribution in [3.05, 3.63) is 92.7 Å². The minimum atomic E-state index is -0.369. The minimum absolute atomic E-state index is 0.369. The Morgan fingerprint density at radius 1 is 0.714 bits per heavy atom. The van der Waals surface area contributed by atoms with E-state index in [1.165, 1.54) is 0 Å². The molecular weight excluding hydrogens is 264 g/mol. The number of azide groups is 2. The first kappa shape index (κ1) is 14.5. The smallest absolute Gasteiger partial charge is 0.0632 e. The normalized spacial score (nSPS) is 12.6. The van der Waals surface area contributed by atoms with E-state index in [2.05, 4.69) is 20.1 Å². The topological polar surface area (TPSA) is 97.5 Å². The number of rotatable bonds is 6. The molecule has 104 valence electrons. The Balaban J connectivity index is 2.29. The van der Waals surface area contributed by atoms with Crippen LogP contribution in [0.25, 0.3) is 20.9 Å². The molecule has 0 amide bonds. The van der Waals surface area contributed by atoms with E-state index in [1.807, 2.05) is 60.7 Å². The Morgan fingerprint density at radius 3 is 1.43 bits per heavy atom. The zero-order valence-electron chi connectivity index (χ0n) is 11.3. The second-order valence-electron chi connectivity index (χ2n) is 4.50. The van der Waals surface area contributed by atoms with Crippen molar-refractivity contribution in [3.63, 3.8) is 0 Å². The lowest BCUT2D eigenvalue weighted by Gasteiger charge is -2.17. The van der Waals surface area contributed by atoms with Crippen LogP contribution in [0.2, 0.25) is 0 Å². The Kier molecular flexibility index (Phi) is 5.24. The van der Waals surface area contributed by atoms with E-state index < -0.39 is 0 Å². The summed E-state index contributed by atoms with van der Waals surface area (Å²) in [6, 6.07) is 18.2. The largest absolute Gasteiger partial charge is 0.0859 e. The van der Waals surface area contributed by atoms with E-state index in [1.54, 1.807) is 0 Å². The summed E-state index contributed by atoms with van der Waals surface area (Å²) >= 11 is 0. The Labute approximate surface area is 122 Å². The summed E-state index contributed by atoms with van der Waals surface area (Å²) < 4.78 is 0. The van der Waals surface area contributed by atoms with Crippen molar-refractivity contribution in [2.75, 3.05) is 0 Å². The summed E-state index contributed by atoms with van der Waals surface area (Å²) in [6.07, 6.45) is 0.433. The molecule has 6 heteroatoms. The second-order valence-corrected chi connectivity index (χ2v) is 4.50. The molecule has 2 aromatic rings. The van der Waals surface area contributed by atoms with Crippen LogP contribution in [0.4, 0.5) is 0 Å².